The number of nitrogens with zero attached hydrogens (tertiary/aromatic N) is 2. The van der Waals surface area contributed by atoms with Gasteiger partial charge in [-0.1, -0.05) is 35.5 Å². The molecule has 0 saturated carbocycles. The Morgan fingerprint density at radius 1 is 1.32 bits per heavy atom. The van der Waals surface area contributed by atoms with E-state index in [1.165, 1.54) is 10.6 Å². The lowest BCUT2D eigenvalue weighted by molar-refractivity contribution is 0.0524. The van der Waals surface area contributed by atoms with E-state index in [0.717, 1.165) is 5.56 Å². The molecule has 112 valence electrons. The fraction of sp³-hybridized carbons (Fsp3) is 0.188. The van der Waals surface area contributed by atoms with Gasteiger partial charge in [0.15, 0.2) is 11.4 Å². The van der Waals surface area contributed by atoms with E-state index in [4.69, 9.17) is 9.26 Å². The van der Waals surface area contributed by atoms with E-state index in [-0.39, 0.29) is 12.2 Å². The molecule has 0 unspecified atom stereocenters. The summed E-state index contributed by atoms with van der Waals surface area (Å²) in [6.07, 6.45) is 0. The number of ether oxygens (including phenoxy) is 1. The molecule has 1 aromatic carbocycles. The number of carbonyl (C=O) groups is 1. The maximum Gasteiger partial charge on any atom is 0.343 e. The molecule has 0 bridgehead atoms. The minimum Gasteiger partial charge on any atom is -0.462 e. The predicted molar refractivity (Wildman–Crippen MR) is 80.6 cm³/mol. The van der Waals surface area contributed by atoms with Crippen LogP contribution in [0.1, 0.15) is 17.3 Å². The molecular weight excluding hydrogens is 284 g/mol. The van der Waals surface area contributed by atoms with Crippen molar-refractivity contribution in [3.63, 3.8) is 0 Å². The minimum absolute atomic E-state index is 0.0303. The van der Waals surface area contributed by atoms with Crippen LogP contribution < -0.4 is 5.56 Å². The molecule has 0 fully saturated rings. The zero-order chi connectivity index (χ0) is 15.7. The summed E-state index contributed by atoms with van der Waals surface area (Å²) in [5.74, 6) is -0.137. The third kappa shape index (κ3) is 2.18. The highest BCUT2D eigenvalue weighted by atomic mass is 16.5. The number of rotatable bonds is 3. The van der Waals surface area contributed by atoms with Crippen LogP contribution in [0.25, 0.3) is 22.4 Å². The van der Waals surface area contributed by atoms with Gasteiger partial charge in [0, 0.05) is 12.6 Å². The van der Waals surface area contributed by atoms with Gasteiger partial charge in [-0.2, -0.15) is 0 Å². The number of fused-ring (bicyclic) bond motifs is 1. The summed E-state index contributed by atoms with van der Waals surface area (Å²) in [6, 6.07) is 10.9. The average molecular weight is 298 g/mol. The van der Waals surface area contributed by atoms with E-state index in [9.17, 15) is 9.59 Å². The second kappa shape index (κ2) is 5.48. The standard InChI is InChI=1S/C16H14N2O4/c1-3-21-16(20)12-9-11-13(10-7-5-4-6-8-10)22-17-14(11)18(2)15(12)19/h4-9H,3H2,1-2H3. The maximum atomic E-state index is 12.2. The summed E-state index contributed by atoms with van der Waals surface area (Å²) in [6.45, 7) is 1.89. The topological polar surface area (TPSA) is 74.3 Å². The van der Waals surface area contributed by atoms with Gasteiger partial charge >= 0.3 is 5.97 Å². The normalized spacial score (nSPS) is 10.8. The van der Waals surface area contributed by atoms with Crippen LogP contribution in [-0.2, 0) is 11.8 Å². The highest BCUT2D eigenvalue weighted by Gasteiger charge is 2.20. The Bertz CT molecular complexity index is 894. The van der Waals surface area contributed by atoms with Crippen LogP contribution >= 0.6 is 0 Å². The van der Waals surface area contributed by atoms with Gasteiger partial charge in [0.1, 0.15) is 5.56 Å². The molecule has 0 aliphatic heterocycles. The first kappa shape index (κ1) is 14.1. The van der Waals surface area contributed by atoms with E-state index >= 15 is 0 Å². The van der Waals surface area contributed by atoms with Crippen LogP contribution in [0, 0.1) is 0 Å². The average Bonchev–Trinajstić information content (AvgIpc) is 2.96. The van der Waals surface area contributed by atoms with Crippen molar-refractivity contribution in [1.82, 2.24) is 9.72 Å². The van der Waals surface area contributed by atoms with Gasteiger partial charge in [-0.25, -0.2) is 4.79 Å². The van der Waals surface area contributed by atoms with Gasteiger partial charge in [0.2, 0.25) is 0 Å². The third-order valence-electron chi connectivity index (χ3n) is 3.38. The monoisotopic (exact) mass is 298 g/mol. The molecule has 0 N–H and O–H groups in total. The Morgan fingerprint density at radius 3 is 2.73 bits per heavy atom. The van der Waals surface area contributed by atoms with Crippen LogP contribution in [0.15, 0.2) is 45.7 Å². The molecule has 3 aromatic rings. The number of hydrogen-bond donors (Lipinski definition) is 0. The fourth-order valence-electron chi connectivity index (χ4n) is 2.30. The van der Waals surface area contributed by atoms with Crippen LogP contribution in [0.3, 0.4) is 0 Å². The van der Waals surface area contributed by atoms with Gasteiger partial charge in [-0.3, -0.25) is 9.36 Å². The van der Waals surface area contributed by atoms with E-state index in [2.05, 4.69) is 5.16 Å². The molecule has 22 heavy (non-hydrogen) atoms. The molecule has 6 heteroatoms. The first-order valence-corrected chi connectivity index (χ1v) is 6.85. The molecule has 0 saturated heterocycles. The zero-order valence-corrected chi connectivity index (χ0v) is 12.2. The Morgan fingerprint density at radius 2 is 2.05 bits per heavy atom. The number of benzene rings is 1. The van der Waals surface area contributed by atoms with Gasteiger partial charge in [-0.15, -0.1) is 0 Å². The largest absolute Gasteiger partial charge is 0.462 e. The molecule has 3 rings (SSSR count). The van der Waals surface area contributed by atoms with Crippen molar-refractivity contribution in [3.8, 4) is 11.3 Å². The van der Waals surface area contributed by atoms with Crippen molar-refractivity contribution in [1.29, 1.82) is 0 Å². The van der Waals surface area contributed by atoms with Crippen molar-refractivity contribution in [2.75, 3.05) is 6.61 Å². The molecular formula is C16H14N2O4. The fourth-order valence-corrected chi connectivity index (χ4v) is 2.30. The third-order valence-corrected chi connectivity index (χ3v) is 3.38. The van der Waals surface area contributed by atoms with E-state index < -0.39 is 11.5 Å². The molecule has 0 atom stereocenters. The number of aryl methyl sites for hydroxylation is 1. The highest BCUT2D eigenvalue weighted by Crippen LogP contribution is 2.28. The van der Waals surface area contributed by atoms with Gasteiger partial charge in [-0.05, 0) is 13.0 Å². The Labute approximate surface area is 125 Å². The van der Waals surface area contributed by atoms with Crippen molar-refractivity contribution in [2.24, 2.45) is 7.05 Å². The number of hydrogen-bond acceptors (Lipinski definition) is 5. The Hall–Kier alpha value is -2.89. The zero-order valence-electron chi connectivity index (χ0n) is 12.2. The lowest BCUT2D eigenvalue weighted by Crippen LogP contribution is -2.25. The Kier molecular flexibility index (Phi) is 3.50. The lowest BCUT2D eigenvalue weighted by Gasteiger charge is -2.04. The molecule has 0 aliphatic carbocycles. The van der Waals surface area contributed by atoms with E-state index in [0.29, 0.717) is 16.8 Å². The summed E-state index contributed by atoms with van der Waals surface area (Å²) in [5.41, 5.74) is 0.714. The van der Waals surface area contributed by atoms with E-state index in [1.807, 2.05) is 30.3 Å². The number of esters is 1. The summed E-state index contributed by atoms with van der Waals surface area (Å²) in [7, 11) is 1.55. The second-order valence-corrected chi connectivity index (χ2v) is 4.76. The maximum absolute atomic E-state index is 12.2. The SMILES string of the molecule is CCOC(=O)c1cc2c(-c3ccccc3)onc2n(C)c1=O. The van der Waals surface area contributed by atoms with E-state index in [1.54, 1.807) is 14.0 Å². The first-order chi connectivity index (χ1) is 10.6. The van der Waals surface area contributed by atoms with Gasteiger partial charge in [0.05, 0.1) is 12.0 Å². The molecule has 0 radical (unpaired) electrons. The number of carbonyl (C=O) groups excluding carboxylic acids is 1. The summed E-state index contributed by atoms with van der Waals surface area (Å²) in [4.78, 5) is 24.2. The molecule has 6 nitrogen and oxygen atoms in total. The van der Waals surface area contributed by atoms with Crippen molar-refractivity contribution in [3.05, 3.63) is 52.3 Å². The van der Waals surface area contributed by atoms with Gasteiger partial charge in [0.25, 0.3) is 5.56 Å². The molecule has 0 amide bonds. The number of aromatic nitrogens is 2. The second-order valence-electron chi connectivity index (χ2n) is 4.76. The Balaban J connectivity index is 2.27. The van der Waals surface area contributed by atoms with Crippen LogP contribution in [0.4, 0.5) is 0 Å². The minimum atomic E-state index is -0.648. The van der Waals surface area contributed by atoms with Crippen LogP contribution in [0.5, 0.6) is 0 Å². The molecule has 2 heterocycles. The van der Waals surface area contributed by atoms with Crippen LogP contribution in [0.2, 0.25) is 0 Å². The summed E-state index contributed by atoms with van der Waals surface area (Å²) in [5, 5.41) is 4.53. The smallest absolute Gasteiger partial charge is 0.343 e. The lowest BCUT2D eigenvalue weighted by atomic mass is 10.1. The van der Waals surface area contributed by atoms with Crippen molar-refractivity contribution in [2.45, 2.75) is 6.92 Å². The van der Waals surface area contributed by atoms with Crippen molar-refractivity contribution >= 4 is 17.0 Å². The van der Waals surface area contributed by atoms with Crippen LogP contribution in [-0.4, -0.2) is 22.3 Å². The quantitative estimate of drug-likeness (QED) is 0.694. The first-order valence-electron chi connectivity index (χ1n) is 6.85. The molecule has 0 spiro atoms. The number of pyridine rings is 1. The predicted octanol–water partition coefficient (Wildman–Crippen LogP) is 2.37. The summed E-state index contributed by atoms with van der Waals surface area (Å²) >= 11 is 0. The molecule has 0 aliphatic rings. The highest BCUT2D eigenvalue weighted by molar-refractivity contribution is 5.97. The van der Waals surface area contributed by atoms with Crippen molar-refractivity contribution < 1.29 is 14.1 Å². The van der Waals surface area contributed by atoms with Gasteiger partial charge < -0.3 is 9.26 Å². The summed E-state index contributed by atoms with van der Waals surface area (Å²) < 4.78 is 11.6. The molecule has 2 aromatic heterocycles.